The van der Waals surface area contributed by atoms with Crippen molar-refractivity contribution in [2.45, 2.75) is 19.4 Å². The second-order valence-electron chi connectivity index (χ2n) is 2.21. The molecule has 1 aromatic heterocycles. The molecule has 1 aromatic rings. The highest BCUT2D eigenvalue weighted by Crippen LogP contribution is 2.09. The summed E-state index contributed by atoms with van der Waals surface area (Å²) in [5.41, 5.74) is 0. The molecule has 62 valence electrons. The highest BCUT2D eigenvalue weighted by Gasteiger charge is 2.06. The molecule has 1 heterocycles. The fraction of sp³-hybridized carbons (Fsp3) is 0.667. The predicted octanol–water partition coefficient (Wildman–Crippen LogP) is 1.72. The minimum absolute atomic E-state index is 0.209. The molecule has 0 spiro atoms. The van der Waals surface area contributed by atoms with Crippen LogP contribution >= 0.6 is 34.1 Å². The first-order valence-electron chi connectivity index (χ1n) is 3.23. The summed E-state index contributed by atoms with van der Waals surface area (Å²) in [7, 11) is 1.70. The molecular weight excluding hydrogens is 275 g/mol. The molecule has 1 rings (SSSR count). The van der Waals surface area contributed by atoms with Crippen LogP contribution in [-0.2, 0) is 11.2 Å². The normalized spacial score (nSPS) is 13.4. The van der Waals surface area contributed by atoms with E-state index in [-0.39, 0.29) is 6.10 Å². The molecule has 0 aliphatic rings. The summed E-state index contributed by atoms with van der Waals surface area (Å²) in [4.78, 5) is 4.21. The molecule has 11 heavy (non-hydrogen) atoms. The lowest BCUT2D eigenvalue weighted by Gasteiger charge is -2.04. The van der Waals surface area contributed by atoms with Crippen LogP contribution < -0.4 is 0 Å². The summed E-state index contributed by atoms with van der Waals surface area (Å²) >= 11 is 3.59. The van der Waals surface area contributed by atoms with Gasteiger partial charge in [-0.3, -0.25) is 0 Å². The largest absolute Gasteiger partial charge is 0.381 e. The number of hydrogen-bond acceptors (Lipinski definition) is 4. The molecule has 0 radical (unpaired) electrons. The Morgan fingerprint density at radius 3 is 2.91 bits per heavy atom. The molecule has 0 amide bonds. The molecule has 1 atom stereocenters. The first kappa shape index (κ1) is 9.34. The van der Waals surface area contributed by atoms with Crippen LogP contribution in [0.4, 0.5) is 0 Å². The molecule has 0 saturated heterocycles. The maximum Gasteiger partial charge on any atom is 0.173 e. The van der Waals surface area contributed by atoms with Crippen LogP contribution in [0.25, 0.3) is 0 Å². The topological polar surface area (TPSA) is 35.0 Å². The maximum atomic E-state index is 5.09. The predicted molar refractivity (Wildman–Crippen MR) is 52.8 cm³/mol. The van der Waals surface area contributed by atoms with Crippen molar-refractivity contribution in [3.8, 4) is 0 Å². The second kappa shape index (κ2) is 4.32. The van der Waals surface area contributed by atoms with E-state index in [1.807, 2.05) is 6.92 Å². The van der Waals surface area contributed by atoms with Crippen molar-refractivity contribution in [1.29, 1.82) is 0 Å². The van der Waals surface area contributed by atoms with Crippen LogP contribution in [0.5, 0.6) is 0 Å². The van der Waals surface area contributed by atoms with Gasteiger partial charge in [0.05, 0.1) is 6.10 Å². The third kappa shape index (κ3) is 3.00. The SMILES string of the molecule is COC(C)Cc1nsc(I)n1. The third-order valence-electron chi connectivity index (χ3n) is 1.32. The fourth-order valence-corrected chi connectivity index (χ4v) is 1.67. The Bertz CT molecular complexity index is 228. The van der Waals surface area contributed by atoms with Gasteiger partial charge in [0.15, 0.2) is 3.01 Å². The summed E-state index contributed by atoms with van der Waals surface area (Å²) in [6.45, 7) is 2.01. The Morgan fingerprint density at radius 1 is 1.73 bits per heavy atom. The molecular formula is C6H9IN2OS. The van der Waals surface area contributed by atoms with E-state index < -0.39 is 0 Å². The third-order valence-corrected chi connectivity index (χ3v) is 2.69. The van der Waals surface area contributed by atoms with Gasteiger partial charge in [0.2, 0.25) is 0 Å². The fourth-order valence-electron chi connectivity index (χ4n) is 0.656. The lowest BCUT2D eigenvalue weighted by molar-refractivity contribution is 0.117. The molecule has 0 fully saturated rings. The molecule has 0 aliphatic carbocycles. The Morgan fingerprint density at radius 2 is 2.45 bits per heavy atom. The summed E-state index contributed by atoms with van der Waals surface area (Å²) in [5.74, 6) is 0.883. The Balaban J connectivity index is 2.50. The smallest absolute Gasteiger partial charge is 0.173 e. The van der Waals surface area contributed by atoms with E-state index in [9.17, 15) is 0 Å². The molecule has 5 heteroatoms. The number of nitrogens with zero attached hydrogens (tertiary/aromatic N) is 2. The van der Waals surface area contributed by atoms with Gasteiger partial charge in [-0.1, -0.05) is 0 Å². The average molecular weight is 284 g/mol. The standard InChI is InChI=1S/C6H9IN2OS/c1-4(10-2)3-5-8-6(7)11-9-5/h4H,3H2,1-2H3. The highest BCUT2D eigenvalue weighted by molar-refractivity contribution is 14.1. The van der Waals surface area contributed by atoms with E-state index in [0.717, 1.165) is 15.3 Å². The monoisotopic (exact) mass is 284 g/mol. The van der Waals surface area contributed by atoms with Gasteiger partial charge in [0.1, 0.15) is 5.82 Å². The zero-order valence-corrected chi connectivity index (χ0v) is 9.35. The van der Waals surface area contributed by atoms with Crippen molar-refractivity contribution in [3.63, 3.8) is 0 Å². The van der Waals surface area contributed by atoms with Crippen LogP contribution in [0, 0.1) is 3.01 Å². The van der Waals surface area contributed by atoms with Gasteiger partial charge in [-0.2, -0.15) is 4.37 Å². The van der Waals surface area contributed by atoms with E-state index in [1.165, 1.54) is 11.5 Å². The van der Waals surface area contributed by atoms with Crippen LogP contribution in [0.2, 0.25) is 0 Å². The van der Waals surface area contributed by atoms with Gasteiger partial charge in [0, 0.05) is 13.5 Å². The summed E-state index contributed by atoms with van der Waals surface area (Å²) in [5, 5.41) is 0. The Kier molecular flexibility index (Phi) is 3.67. The second-order valence-corrected chi connectivity index (χ2v) is 4.72. The number of rotatable bonds is 3. The number of hydrogen-bond donors (Lipinski definition) is 0. The molecule has 0 aromatic carbocycles. The van der Waals surface area contributed by atoms with E-state index in [1.54, 1.807) is 7.11 Å². The molecule has 0 N–H and O–H groups in total. The van der Waals surface area contributed by atoms with Crippen LogP contribution in [0.1, 0.15) is 12.7 Å². The lowest BCUT2D eigenvalue weighted by Crippen LogP contribution is -2.09. The van der Waals surface area contributed by atoms with Crippen molar-refractivity contribution < 1.29 is 4.74 Å². The van der Waals surface area contributed by atoms with Crippen LogP contribution in [0.3, 0.4) is 0 Å². The number of methoxy groups -OCH3 is 1. The van der Waals surface area contributed by atoms with Gasteiger partial charge < -0.3 is 4.74 Å². The van der Waals surface area contributed by atoms with Crippen molar-refractivity contribution in [1.82, 2.24) is 9.36 Å². The first-order valence-corrected chi connectivity index (χ1v) is 5.08. The average Bonchev–Trinajstić information content (AvgIpc) is 2.35. The van der Waals surface area contributed by atoms with Crippen LogP contribution in [0.15, 0.2) is 0 Å². The maximum absolute atomic E-state index is 5.09. The number of ether oxygens (including phenoxy) is 1. The Hall–Kier alpha value is 0.250. The van der Waals surface area contributed by atoms with Crippen LogP contribution in [-0.4, -0.2) is 22.6 Å². The van der Waals surface area contributed by atoms with Crippen molar-refractivity contribution >= 4 is 34.1 Å². The number of aromatic nitrogens is 2. The molecule has 3 nitrogen and oxygen atoms in total. The van der Waals surface area contributed by atoms with Gasteiger partial charge in [-0.05, 0) is 41.0 Å². The molecule has 0 aliphatic heterocycles. The Labute approximate surface area is 83.5 Å². The minimum Gasteiger partial charge on any atom is -0.381 e. The molecule has 1 unspecified atom stereocenters. The van der Waals surface area contributed by atoms with E-state index in [2.05, 4.69) is 31.9 Å². The van der Waals surface area contributed by atoms with Crippen molar-refractivity contribution in [2.24, 2.45) is 0 Å². The van der Waals surface area contributed by atoms with Gasteiger partial charge in [-0.15, -0.1) is 0 Å². The number of halogens is 1. The minimum atomic E-state index is 0.209. The summed E-state index contributed by atoms with van der Waals surface area (Å²) in [6.07, 6.45) is 1.01. The van der Waals surface area contributed by atoms with Gasteiger partial charge >= 0.3 is 0 Å². The van der Waals surface area contributed by atoms with Gasteiger partial charge in [-0.25, -0.2) is 4.98 Å². The highest BCUT2D eigenvalue weighted by atomic mass is 127. The molecule has 0 bridgehead atoms. The first-order chi connectivity index (χ1) is 5.22. The van der Waals surface area contributed by atoms with E-state index in [4.69, 9.17) is 4.74 Å². The summed E-state index contributed by atoms with van der Waals surface area (Å²) in [6, 6.07) is 0. The zero-order chi connectivity index (χ0) is 8.27. The quantitative estimate of drug-likeness (QED) is 0.793. The molecule has 0 saturated carbocycles. The van der Waals surface area contributed by atoms with Gasteiger partial charge in [0.25, 0.3) is 0 Å². The van der Waals surface area contributed by atoms with Crippen molar-refractivity contribution in [3.05, 3.63) is 8.84 Å². The summed E-state index contributed by atoms with van der Waals surface area (Å²) < 4.78 is 10.2. The lowest BCUT2D eigenvalue weighted by atomic mass is 10.3. The van der Waals surface area contributed by atoms with E-state index in [0.29, 0.717) is 0 Å². The zero-order valence-electron chi connectivity index (χ0n) is 6.37. The van der Waals surface area contributed by atoms with E-state index >= 15 is 0 Å². The van der Waals surface area contributed by atoms with Crippen molar-refractivity contribution in [2.75, 3.05) is 7.11 Å².